The highest BCUT2D eigenvalue weighted by Crippen LogP contribution is 2.49. The van der Waals surface area contributed by atoms with Gasteiger partial charge in [0.2, 0.25) is 5.89 Å². The van der Waals surface area contributed by atoms with Crippen LogP contribution < -0.4 is 4.90 Å². The number of fused-ring (bicyclic) bond motifs is 4. The molecule has 4 heteroatoms. The highest BCUT2D eigenvalue weighted by atomic mass is 16.4. The Morgan fingerprint density at radius 3 is 1.60 bits per heavy atom. The van der Waals surface area contributed by atoms with Crippen LogP contribution in [0.15, 0.2) is 203 Å². The number of para-hydroxylation sites is 2. The smallest absolute Gasteiger partial charge is 0.227 e. The molecular formula is C49H32N2O2. The summed E-state index contributed by atoms with van der Waals surface area (Å²) in [5.41, 5.74) is 13.5. The van der Waals surface area contributed by atoms with Crippen molar-refractivity contribution in [2.24, 2.45) is 0 Å². The van der Waals surface area contributed by atoms with Crippen LogP contribution in [0.1, 0.15) is 0 Å². The fourth-order valence-corrected chi connectivity index (χ4v) is 7.34. The summed E-state index contributed by atoms with van der Waals surface area (Å²) < 4.78 is 13.4. The number of rotatable bonds is 7. The van der Waals surface area contributed by atoms with Gasteiger partial charge < -0.3 is 13.7 Å². The van der Waals surface area contributed by atoms with E-state index in [0.29, 0.717) is 11.5 Å². The van der Waals surface area contributed by atoms with Crippen LogP contribution in [-0.2, 0) is 0 Å². The van der Waals surface area contributed by atoms with E-state index >= 15 is 0 Å². The average molecular weight is 681 g/mol. The zero-order valence-electron chi connectivity index (χ0n) is 28.7. The van der Waals surface area contributed by atoms with Gasteiger partial charge in [-0.15, -0.1) is 0 Å². The number of aromatic nitrogens is 1. The lowest BCUT2D eigenvalue weighted by molar-refractivity contribution is 0.620. The summed E-state index contributed by atoms with van der Waals surface area (Å²) in [6.07, 6.45) is 0. The molecule has 0 atom stereocenters. The second-order valence-electron chi connectivity index (χ2n) is 13.1. The summed E-state index contributed by atoms with van der Waals surface area (Å²) in [5, 5.41) is 1.99. The van der Waals surface area contributed by atoms with Crippen molar-refractivity contribution in [3.8, 4) is 44.8 Å². The highest BCUT2D eigenvalue weighted by molar-refractivity contribution is 6.18. The van der Waals surface area contributed by atoms with Crippen LogP contribution in [0.2, 0.25) is 0 Å². The maximum Gasteiger partial charge on any atom is 0.227 e. The van der Waals surface area contributed by atoms with E-state index in [4.69, 9.17) is 13.8 Å². The van der Waals surface area contributed by atoms with Crippen LogP contribution in [0, 0.1) is 0 Å². The van der Waals surface area contributed by atoms with Gasteiger partial charge in [-0.2, -0.15) is 0 Å². The highest BCUT2D eigenvalue weighted by Gasteiger charge is 2.27. The van der Waals surface area contributed by atoms with Crippen LogP contribution in [-0.4, -0.2) is 4.98 Å². The molecule has 0 spiro atoms. The van der Waals surface area contributed by atoms with Crippen molar-refractivity contribution < 1.29 is 8.83 Å². The average Bonchev–Trinajstić information content (AvgIpc) is 3.84. The molecule has 0 N–H and O–H groups in total. The summed E-state index contributed by atoms with van der Waals surface area (Å²) in [5.74, 6) is 0.558. The van der Waals surface area contributed by atoms with Crippen molar-refractivity contribution in [1.82, 2.24) is 4.98 Å². The first-order valence-electron chi connectivity index (χ1n) is 17.8. The molecule has 4 nitrogen and oxygen atoms in total. The minimum absolute atomic E-state index is 0.558. The van der Waals surface area contributed by atoms with Gasteiger partial charge in [0.1, 0.15) is 16.8 Å². The number of hydrogen-bond acceptors (Lipinski definition) is 4. The Kier molecular flexibility index (Phi) is 7.43. The van der Waals surface area contributed by atoms with Gasteiger partial charge in [0.15, 0.2) is 11.2 Å². The van der Waals surface area contributed by atoms with Crippen molar-refractivity contribution in [3.05, 3.63) is 194 Å². The number of nitrogens with zero attached hydrogens (tertiary/aromatic N) is 2. The first kappa shape index (κ1) is 30.6. The third-order valence-corrected chi connectivity index (χ3v) is 9.93. The largest absolute Gasteiger partial charge is 0.454 e. The fraction of sp³-hybridized carbons (Fsp3) is 0. The van der Waals surface area contributed by atoms with E-state index < -0.39 is 0 Å². The lowest BCUT2D eigenvalue weighted by Crippen LogP contribution is -2.12. The zero-order chi connectivity index (χ0) is 35.1. The van der Waals surface area contributed by atoms with E-state index in [1.807, 2.05) is 60.7 Å². The molecule has 0 radical (unpaired) electrons. The summed E-state index contributed by atoms with van der Waals surface area (Å²) in [6, 6.07) is 67.4. The van der Waals surface area contributed by atoms with Crippen LogP contribution >= 0.6 is 0 Å². The maximum atomic E-state index is 6.81. The van der Waals surface area contributed by atoms with E-state index in [9.17, 15) is 0 Å². The van der Waals surface area contributed by atoms with Crippen LogP contribution in [0.5, 0.6) is 0 Å². The minimum atomic E-state index is 0.558. The molecular weight excluding hydrogens is 649 g/mol. The first-order valence-corrected chi connectivity index (χ1v) is 17.8. The Bertz CT molecular complexity index is 2860. The molecule has 0 aliphatic heterocycles. The van der Waals surface area contributed by atoms with Gasteiger partial charge in [-0.3, -0.25) is 0 Å². The topological polar surface area (TPSA) is 42.4 Å². The van der Waals surface area contributed by atoms with Gasteiger partial charge >= 0.3 is 0 Å². The van der Waals surface area contributed by atoms with Gasteiger partial charge in [-0.25, -0.2) is 4.98 Å². The Morgan fingerprint density at radius 2 is 0.925 bits per heavy atom. The zero-order valence-corrected chi connectivity index (χ0v) is 28.7. The molecule has 0 unspecified atom stereocenters. The predicted octanol–water partition coefficient (Wildman–Crippen LogP) is 13.9. The molecule has 10 aromatic rings. The molecule has 250 valence electrons. The fourth-order valence-electron chi connectivity index (χ4n) is 7.34. The van der Waals surface area contributed by atoms with Crippen molar-refractivity contribution in [3.63, 3.8) is 0 Å². The van der Waals surface area contributed by atoms with E-state index in [-0.39, 0.29) is 0 Å². The number of hydrogen-bond donors (Lipinski definition) is 0. The molecule has 0 bridgehead atoms. The molecule has 53 heavy (non-hydrogen) atoms. The third-order valence-electron chi connectivity index (χ3n) is 9.93. The Morgan fingerprint density at radius 1 is 0.396 bits per heavy atom. The van der Waals surface area contributed by atoms with Gasteiger partial charge in [0.25, 0.3) is 0 Å². The second-order valence-corrected chi connectivity index (χ2v) is 13.1. The number of furan rings is 1. The minimum Gasteiger partial charge on any atom is -0.454 e. The lowest BCUT2D eigenvalue weighted by Gasteiger charge is -2.28. The molecule has 0 amide bonds. The first-order chi connectivity index (χ1) is 26.3. The predicted molar refractivity (Wildman–Crippen MR) is 218 cm³/mol. The standard InChI is InChI=1S/C49H32N2O2/c1-4-14-33(15-5-1)35-24-26-37(27-25-35)40-20-10-12-22-43(40)51(39-30-28-36(29-31-39)34-16-6-2-7-17-34)47-46-45(53-49(50-46)38-18-8-3-9-19-38)32-42-41-21-11-13-23-44(41)52-48(42)47/h1-32H. The van der Waals surface area contributed by atoms with Gasteiger partial charge in [0, 0.05) is 27.6 Å². The normalized spacial score (nSPS) is 11.4. The van der Waals surface area contributed by atoms with Crippen LogP contribution in [0.4, 0.5) is 17.1 Å². The summed E-state index contributed by atoms with van der Waals surface area (Å²) >= 11 is 0. The van der Waals surface area contributed by atoms with Gasteiger partial charge in [-0.05, 0) is 70.3 Å². The quantitative estimate of drug-likeness (QED) is 0.168. The Labute approximate surface area is 306 Å². The van der Waals surface area contributed by atoms with Crippen molar-refractivity contribution in [2.45, 2.75) is 0 Å². The molecule has 2 heterocycles. The molecule has 0 saturated heterocycles. The number of benzene rings is 8. The van der Waals surface area contributed by atoms with Gasteiger partial charge in [-0.1, -0.05) is 152 Å². The van der Waals surface area contributed by atoms with E-state index in [1.165, 1.54) is 11.1 Å². The molecule has 8 aromatic carbocycles. The summed E-state index contributed by atoms with van der Waals surface area (Å²) in [7, 11) is 0. The van der Waals surface area contributed by atoms with Crippen molar-refractivity contribution in [2.75, 3.05) is 4.90 Å². The van der Waals surface area contributed by atoms with E-state index in [1.54, 1.807) is 0 Å². The van der Waals surface area contributed by atoms with Crippen LogP contribution in [0.25, 0.3) is 77.9 Å². The Hall–Kier alpha value is -7.17. The van der Waals surface area contributed by atoms with Crippen molar-refractivity contribution in [1.29, 1.82) is 0 Å². The third kappa shape index (κ3) is 5.45. The van der Waals surface area contributed by atoms with Crippen molar-refractivity contribution >= 4 is 50.1 Å². The number of oxazole rings is 1. The molecule has 2 aromatic heterocycles. The molecule has 0 saturated carbocycles. The molecule has 0 fully saturated rings. The van der Waals surface area contributed by atoms with E-state index in [2.05, 4.69) is 138 Å². The monoisotopic (exact) mass is 680 g/mol. The lowest BCUT2D eigenvalue weighted by atomic mass is 9.98. The van der Waals surface area contributed by atoms with Crippen LogP contribution in [0.3, 0.4) is 0 Å². The van der Waals surface area contributed by atoms with Gasteiger partial charge in [0.05, 0.1) is 5.69 Å². The Balaban J connectivity index is 1.24. The van der Waals surface area contributed by atoms with E-state index in [0.717, 1.165) is 72.3 Å². The molecule has 0 aliphatic rings. The number of anilines is 3. The summed E-state index contributed by atoms with van der Waals surface area (Å²) in [6.45, 7) is 0. The maximum absolute atomic E-state index is 6.81. The SMILES string of the molecule is c1ccc(-c2ccc(-c3ccccc3N(c3ccc(-c4ccccc4)cc3)c3c4nc(-c5ccccc5)oc4cc4c3oc3ccccc34)cc2)cc1. The second kappa shape index (κ2) is 12.9. The molecule has 0 aliphatic carbocycles. The molecule has 10 rings (SSSR count). The summed E-state index contributed by atoms with van der Waals surface area (Å²) in [4.78, 5) is 7.51.